The standard InChI is InChI=1S/C14H21ClFNO2/c1-5-6-7-11(15)13(16)10(9-17)8-12(18)19-14(2,3)4/h5-7,10H,1,8-9,17H2,2-4H3/b7-6-,13-11+. The number of allylic oxidation sites excluding steroid dienone is 4. The Morgan fingerprint density at radius 1 is 1.53 bits per heavy atom. The molecule has 0 saturated carbocycles. The van der Waals surface area contributed by atoms with Gasteiger partial charge in [0.15, 0.2) is 0 Å². The van der Waals surface area contributed by atoms with Crippen LogP contribution in [0.25, 0.3) is 0 Å². The zero-order valence-corrected chi connectivity index (χ0v) is 12.3. The lowest BCUT2D eigenvalue weighted by Crippen LogP contribution is -2.27. The molecule has 108 valence electrons. The molecule has 0 aromatic rings. The first-order valence-corrected chi connectivity index (χ1v) is 6.35. The molecule has 1 unspecified atom stereocenters. The predicted molar refractivity (Wildman–Crippen MR) is 76.3 cm³/mol. The number of carbonyl (C=O) groups is 1. The summed E-state index contributed by atoms with van der Waals surface area (Å²) in [4.78, 5) is 11.6. The summed E-state index contributed by atoms with van der Waals surface area (Å²) < 4.78 is 19.1. The molecule has 19 heavy (non-hydrogen) atoms. The van der Waals surface area contributed by atoms with Crippen molar-refractivity contribution in [3.05, 3.63) is 35.7 Å². The fourth-order valence-corrected chi connectivity index (χ4v) is 1.51. The number of ether oxygens (including phenoxy) is 1. The molecular formula is C14H21ClFNO2. The molecule has 0 fully saturated rings. The zero-order chi connectivity index (χ0) is 15.1. The Hall–Kier alpha value is -1.13. The van der Waals surface area contributed by atoms with Gasteiger partial charge in [0.25, 0.3) is 0 Å². The van der Waals surface area contributed by atoms with E-state index in [0.717, 1.165) is 0 Å². The number of hydrogen-bond donors (Lipinski definition) is 1. The van der Waals surface area contributed by atoms with Gasteiger partial charge in [-0.05, 0) is 26.8 Å². The number of carbonyl (C=O) groups excluding carboxylic acids is 1. The first kappa shape index (κ1) is 17.9. The number of esters is 1. The van der Waals surface area contributed by atoms with Crippen LogP contribution in [0.2, 0.25) is 0 Å². The zero-order valence-electron chi connectivity index (χ0n) is 11.6. The van der Waals surface area contributed by atoms with E-state index in [-0.39, 0.29) is 18.0 Å². The number of hydrogen-bond acceptors (Lipinski definition) is 3. The van der Waals surface area contributed by atoms with Crippen LogP contribution in [-0.2, 0) is 9.53 Å². The van der Waals surface area contributed by atoms with Crippen molar-refractivity contribution < 1.29 is 13.9 Å². The minimum Gasteiger partial charge on any atom is -0.460 e. The molecular weight excluding hydrogens is 269 g/mol. The van der Waals surface area contributed by atoms with Crippen molar-refractivity contribution in [3.8, 4) is 0 Å². The van der Waals surface area contributed by atoms with Crippen molar-refractivity contribution in [3.63, 3.8) is 0 Å². The highest BCUT2D eigenvalue weighted by Crippen LogP contribution is 2.24. The molecule has 3 nitrogen and oxygen atoms in total. The van der Waals surface area contributed by atoms with Crippen LogP contribution in [0, 0.1) is 5.92 Å². The summed E-state index contributed by atoms with van der Waals surface area (Å²) in [5.41, 5.74) is 4.86. The maximum Gasteiger partial charge on any atom is 0.307 e. The molecule has 0 aromatic carbocycles. The molecule has 0 aliphatic carbocycles. The van der Waals surface area contributed by atoms with Crippen LogP contribution in [0.3, 0.4) is 0 Å². The van der Waals surface area contributed by atoms with Crippen LogP contribution in [0.15, 0.2) is 35.7 Å². The van der Waals surface area contributed by atoms with Crippen molar-refractivity contribution in [1.29, 1.82) is 0 Å². The van der Waals surface area contributed by atoms with Gasteiger partial charge in [-0.25, -0.2) is 4.39 Å². The van der Waals surface area contributed by atoms with E-state index in [4.69, 9.17) is 22.1 Å². The minimum absolute atomic E-state index is 0.0246. The van der Waals surface area contributed by atoms with Crippen LogP contribution in [0.1, 0.15) is 27.2 Å². The number of rotatable bonds is 6. The molecule has 0 aromatic heterocycles. The summed E-state index contributed by atoms with van der Waals surface area (Å²) >= 11 is 5.76. The van der Waals surface area contributed by atoms with E-state index in [9.17, 15) is 9.18 Å². The van der Waals surface area contributed by atoms with Crippen LogP contribution in [-0.4, -0.2) is 18.1 Å². The average molecular weight is 290 g/mol. The summed E-state index contributed by atoms with van der Waals surface area (Å²) in [6.45, 7) is 8.66. The lowest BCUT2D eigenvalue weighted by molar-refractivity contribution is -0.155. The maximum atomic E-state index is 14.0. The van der Waals surface area contributed by atoms with Gasteiger partial charge in [-0.1, -0.05) is 30.3 Å². The molecule has 5 heteroatoms. The van der Waals surface area contributed by atoms with Gasteiger partial charge in [0.2, 0.25) is 0 Å². The maximum absolute atomic E-state index is 14.0. The summed E-state index contributed by atoms with van der Waals surface area (Å²) in [7, 11) is 0. The van der Waals surface area contributed by atoms with Gasteiger partial charge in [0.1, 0.15) is 11.4 Å². The van der Waals surface area contributed by atoms with E-state index in [1.807, 2.05) is 0 Å². The second kappa shape index (κ2) is 8.12. The van der Waals surface area contributed by atoms with Gasteiger partial charge in [0, 0.05) is 12.5 Å². The molecule has 0 bridgehead atoms. The van der Waals surface area contributed by atoms with Gasteiger partial charge in [-0.15, -0.1) is 0 Å². The molecule has 0 spiro atoms. The van der Waals surface area contributed by atoms with E-state index in [2.05, 4.69) is 6.58 Å². The monoisotopic (exact) mass is 289 g/mol. The van der Waals surface area contributed by atoms with Crippen molar-refractivity contribution in [2.24, 2.45) is 11.7 Å². The van der Waals surface area contributed by atoms with Crippen LogP contribution in [0.5, 0.6) is 0 Å². The lowest BCUT2D eigenvalue weighted by Gasteiger charge is -2.21. The second-order valence-electron chi connectivity index (χ2n) is 5.01. The highest BCUT2D eigenvalue weighted by Gasteiger charge is 2.23. The van der Waals surface area contributed by atoms with Gasteiger partial charge >= 0.3 is 5.97 Å². The number of nitrogens with two attached hydrogens (primary N) is 1. The fourth-order valence-electron chi connectivity index (χ4n) is 1.29. The molecule has 0 amide bonds. The van der Waals surface area contributed by atoms with Crippen molar-refractivity contribution in [1.82, 2.24) is 0 Å². The molecule has 0 aliphatic rings. The summed E-state index contributed by atoms with van der Waals surface area (Å²) in [5.74, 6) is -1.90. The fraction of sp³-hybridized carbons (Fsp3) is 0.500. The molecule has 0 rings (SSSR count). The Labute approximate surface area is 118 Å². The van der Waals surface area contributed by atoms with E-state index >= 15 is 0 Å². The van der Waals surface area contributed by atoms with Crippen molar-refractivity contribution in [2.75, 3.05) is 6.54 Å². The Morgan fingerprint density at radius 2 is 2.11 bits per heavy atom. The molecule has 0 saturated heterocycles. The van der Waals surface area contributed by atoms with E-state index < -0.39 is 23.3 Å². The molecule has 2 N–H and O–H groups in total. The Kier molecular flexibility index (Phi) is 7.64. The average Bonchev–Trinajstić information content (AvgIpc) is 2.29. The predicted octanol–water partition coefficient (Wildman–Crippen LogP) is 3.46. The topological polar surface area (TPSA) is 52.3 Å². The van der Waals surface area contributed by atoms with E-state index in [1.54, 1.807) is 20.8 Å². The third kappa shape index (κ3) is 7.80. The Morgan fingerprint density at radius 3 is 2.53 bits per heavy atom. The normalized spacial score (nSPS) is 15.1. The van der Waals surface area contributed by atoms with E-state index in [1.165, 1.54) is 18.2 Å². The van der Waals surface area contributed by atoms with Crippen LogP contribution < -0.4 is 5.73 Å². The highest BCUT2D eigenvalue weighted by molar-refractivity contribution is 6.31. The largest absolute Gasteiger partial charge is 0.460 e. The van der Waals surface area contributed by atoms with E-state index in [0.29, 0.717) is 0 Å². The smallest absolute Gasteiger partial charge is 0.307 e. The molecule has 0 radical (unpaired) electrons. The molecule has 0 heterocycles. The summed E-state index contributed by atoms with van der Waals surface area (Å²) in [6.07, 6.45) is 4.20. The molecule has 1 atom stereocenters. The highest BCUT2D eigenvalue weighted by atomic mass is 35.5. The van der Waals surface area contributed by atoms with Crippen molar-refractivity contribution >= 4 is 17.6 Å². The quantitative estimate of drug-likeness (QED) is 0.602. The van der Waals surface area contributed by atoms with Gasteiger partial charge in [-0.3, -0.25) is 4.79 Å². The second-order valence-corrected chi connectivity index (χ2v) is 5.42. The third-order valence-electron chi connectivity index (χ3n) is 2.08. The minimum atomic E-state index is -0.781. The Bertz CT molecular complexity index is 383. The van der Waals surface area contributed by atoms with Crippen LogP contribution >= 0.6 is 11.6 Å². The van der Waals surface area contributed by atoms with Gasteiger partial charge < -0.3 is 10.5 Å². The van der Waals surface area contributed by atoms with Crippen LogP contribution in [0.4, 0.5) is 4.39 Å². The summed E-state index contributed by atoms with van der Waals surface area (Å²) in [5, 5.41) is -0.0843. The Balaban J connectivity index is 4.79. The number of halogens is 2. The molecule has 0 aliphatic heterocycles. The van der Waals surface area contributed by atoms with Gasteiger partial charge in [-0.2, -0.15) is 0 Å². The first-order valence-electron chi connectivity index (χ1n) is 5.97. The van der Waals surface area contributed by atoms with Gasteiger partial charge in [0.05, 0.1) is 11.5 Å². The lowest BCUT2D eigenvalue weighted by atomic mass is 10.0. The first-order chi connectivity index (χ1) is 8.71. The third-order valence-corrected chi connectivity index (χ3v) is 2.39. The summed E-state index contributed by atoms with van der Waals surface area (Å²) in [6, 6.07) is 0. The van der Waals surface area contributed by atoms with Crippen molar-refractivity contribution in [2.45, 2.75) is 32.8 Å². The SMILES string of the molecule is C=C/C=C\C(Cl)=C(/F)C(CN)CC(=O)OC(C)(C)C.